The van der Waals surface area contributed by atoms with E-state index >= 15 is 0 Å². The lowest BCUT2D eigenvalue weighted by molar-refractivity contribution is 0.669. The second-order valence-corrected chi connectivity index (χ2v) is 9.90. The van der Waals surface area contributed by atoms with Crippen molar-refractivity contribution in [1.29, 1.82) is 0 Å². The number of furan rings is 1. The molecule has 9 aromatic rings. The first-order chi connectivity index (χ1) is 28.7. The third-order valence-corrected chi connectivity index (χ3v) is 7.54. The third-order valence-electron chi connectivity index (χ3n) is 7.54. The Morgan fingerprint density at radius 3 is 1.67 bits per heavy atom. The summed E-state index contributed by atoms with van der Waals surface area (Å²) in [6.45, 7) is 0. The highest BCUT2D eigenvalue weighted by Gasteiger charge is 2.17. The highest BCUT2D eigenvalue weighted by molar-refractivity contribution is 6.22. The van der Waals surface area contributed by atoms with Crippen molar-refractivity contribution in [2.75, 3.05) is 0 Å². The first kappa shape index (κ1) is 12.3. The number of hydrogen-bond acceptors (Lipinski definition) is 1. The highest BCUT2D eigenvalue weighted by atomic mass is 16.3. The van der Waals surface area contributed by atoms with E-state index in [-0.39, 0.29) is 136 Å². The molecular formula is C42H26O. The maximum Gasteiger partial charge on any atom is 0.136 e. The molecule has 0 radical (unpaired) electrons. The second-order valence-electron chi connectivity index (χ2n) is 9.90. The van der Waals surface area contributed by atoms with Crippen LogP contribution in [0.25, 0.3) is 87.6 Å². The first-order valence-corrected chi connectivity index (χ1v) is 13.3. The highest BCUT2D eigenvalue weighted by Crippen LogP contribution is 2.45. The zero-order valence-corrected chi connectivity index (χ0v) is 22.0. The van der Waals surface area contributed by atoms with Gasteiger partial charge in [-0.3, -0.25) is 0 Å². The van der Waals surface area contributed by atoms with Crippen LogP contribution in [0.1, 0.15) is 24.7 Å². The fraction of sp³-hybridized carbons (Fsp3) is 0. The van der Waals surface area contributed by atoms with Crippen LogP contribution in [0.4, 0.5) is 0 Å². The van der Waals surface area contributed by atoms with Crippen LogP contribution in [0.3, 0.4) is 0 Å². The van der Waals surface area contributed by atoms with Crippen LogP contribution in [-0.2, 0) is 0 Å². The predicted molar refractivity (Wildman–Crippen MR) is 183 cm³/mol. The average molecular weight is 565 g/mol. The number of benzene rings is 8. The topological polar surface area (TPSA) is 13.1 Å². The largest absolute Gasteiger partial charge is 0.456 e. The predicted octanol–water partition coefficient (Wildman–Crippen LogP) is 12.0. The lowest BCUT2D eigenvalue weighted by Gasteiger charge is -2.18. The molecule has 1 nitrogen and oxygen atoms in total. The van der Waals surface area contributed by atoms with Crippen LogP contribution >= 0.6 is 0 Å². The lowest BCUT2D eigenvalue weighted by Crippen LogP contribution is -1.91. The number of para-hydroxylation sites is 1. The summed E-state index contributed by atoms with van der Waals surface area (Å²) in [7, 11) is 0. The van der Waals surface area contributed by atoms with Gasteiger partial charge in [0, 0.05) is 10.8 Å². The van der Waals surface area contributed by atoms with Crippen molar-refractivity contribution in [2.24, 2.45) is 0 Å². The van der Waals surface area contributed by atoms with Crippen LogP contribution < -0.4 is 0 Å². The SMILES string of the molecule is [2H]c1cc2c(-c3cc([2H])c(-c4cc([2H])c5c([2H])c([2H])c([2H])c([2H])c5c4)c([2H])c3)c3cc([2H])c([2H])cc3c(-c3c([2H])c([2H])c4c(oc5c([2H])c([2H])c([2H])c([2H])c54)c3[2H])c2cc1[2H]. The standard InChI is InChI=1S/C42H26O/c1-2-10-30-25-31(22-19-27(30)9-1)28-17-20-29(21-18-28)41-35-12-3-5-14-37(35)42(38-15-6-4-13-36(38)41)32-23-24-34-33-11-7-8-16-39(33)43-40(34)26-32/h1-26H/i1D,2D,3D,4D,5D,6D,7D,8D,9D,10D,11D,16D,17D,18D,19D,23D,24D,26D. The van der Waals surface area contributed by atoms with Gasteiger partial charge in [-0.05, 0) is 89.9 Å². The van der Waals surface area contributed by atoms with Gasteiger partial charge in [0.2, 0.25) is 0 Å². The van der Waals surface area contributed by atoms with E-state index in [1.54, 1.807) is 0 Å². The van der Waals surface area contributed by atoms with Gasteiger partial charge >= 0.3 is 0 Å². The number of hydrogen-bond donors (Lipinski definition) is 0. The number of rotatable bonds is 3. The molecule has 0 saturated carbocycles. The zero-order chi connectivity index (χ0) is 44.0. The summed E-state index contributed by atoms with van der Waals surface area (Å²) in [5.74, 6) is 0. The Kier molecular flexibility index (Phi) is 2.70. The van der Waals surface area contributed by atoms with E-state index in [4.69, 9.17) is 23.6 Å². The summed E-state index contributed by atoms with van der Waals surface area (Å²) in [6.07, 6.45) is 0. The zero-order valence-electron chi connectivity index (χ0n) is 40.0. The normalized spacial score (nSPS) is 17.6. The summed E-state index contributed by atoms with van der Waals surface area (Å²) in [6, 6.07) is 3.71. The van der Waals surface area contributed by atoms with E-state index in [2.05, 4.69) is 0 Å². The van der Waals surface area contributed by atoms with Crippen LogP contribution in [0, 0.1) is 0 Å². The summed E-state index contributed by atoms with van der Waals surface area (Å²) >= 11 is 0. The Bertz CT molecular complexity index is 3430. The van der Waals surface area contributed by atoms with E-state index in [9.17, 15) is 5.48 Å². The van der Waals surface area contributed by atoms with Gasteiger partial charge in [-0.1, -0.05) is 133 Å². The van der Waals surface area contributed by atoms with Gasteiger partial charge in [0.1, 0.15) is 11.2 Å². The molecule has 0 unspecified atom stereocenters. The smallest absolute Gasteiger partial charge is 0.136 e. The fourth-order valence-corrected chi connectivity index (χ4v) is 5.62. The van der Waals surface area contributed by atoms with Crippen LogP contribution in [0.15, 0.2) is 162 Å². The quantitative estimate of drug-likeness (QED) is 0.195. The van der Waals surface area contributed by atoms with E-state index in [1.807, 2.05) is 0 Å². The fourth-order valence-electron chi connectivity index (χ4n) is 5.62. The first-order valence-electron chi connectivity index (χ1n) is 22.3. The Balaban J connectivity index is 1.38. The molecule has 43 heavy (non-hydrogen) atoms. The minimum absolute atomic E-state index is 0.0164. The van der Waals surface area contributed by atoms with E-state index in [1.165, 1.54) is 48.5 Å². The van der Waals surface area contributed by atoms with E-state index < -0.39 is 60.4 Å². The Morgan fingerprint density at radius 1 is 0.372 bits per heavy atom. The molecule has 0 atom stereocenters. The van der Waals surface area contributed by atoms with Gasteiger partial charge in [0.25, 0.3) is 0 Å². The van der Waals surface area contributed by atoms with Gasteiger partial charge < -0.3 is 4.42 Å². The molecule has 1 heterocycles. The van der Waals surface area contributed by atoms with Gasteiger partial charge in [-0.25, -0.2) is 0 Å². The summed E-state index contributed by atoms with van der Waals surface area (Å²) in [4.78, 5) is 0. The molecule has 1 heteroatoms. The molecule has 0 saturated heterocycles. The summed E-state index contributed by atoms with van der Waals surface area (Å²) in [5.41, 5.74) is -0.0178. The van der Waals surface area contributed by atoms with Gasteiger partial charge in [-0.2, -0.15) is 0 Å². The molecule has 0 N–H and O–H groups in total. The molecule has 0 aliphatic heterocycles. The third kappa shape index (κ3) is 3.79. The Morgan fingerprint density at radius 2 is 0.953 bits per heavy atom. The van der Waals surface area contributed by atoms with Crippen molar-refractivity contribution in [3.63, 3.8) is 0 Å². The average Bonchev–Trinajstić information content (AvgIpc) is 3.62. The van der Waals surface area contributed by atoms with Crippen molar-refractivity contribution in [3.05, 3.63) is 157 Å². The van der Waals surface area contributed by atoms with Crippen molar-refractivity contribution in [2.45, 2.75) is 0 Å². The van der Waals surface area contributed by atoms with E-state index in [0.717, 1.165) is 0 Å². The maximum absolute atomic E-state index is 9.44. The van der Waals surface area contributed by atoms with E-state index in [0.29, 0.717) is 0 Å². The molecule has 0 fully saturated rings. The molecule has 0 amide bonds. The maximum atomic E-state index is 9.44. The van der Waals surface area contributed by atoms with Gasteiger partial charge in [0.05, 0.1) is 24.7 Å². The molecule has 8 aromatic carbocycles. The molecule has 200 valence electrons. The van der Waals surface area contributed by atoms with Crippen LogP contribution in [0.5, 0.6) is 0 Å². The number of fused-ring (bicyclic) bond motifs is 6. The monoisotopic (exact) mass is 564 g/mol. The molecular weight excluding hydrogens is 520 g/mol. The minimum Gasteiger partial charge on any atom is -0.456 e. The Hall–Kier alpha value is -5.66. The van der Waals surface area contributed by atoms with Crippen molar-refractivity contribution >= 4 is 54.3 Å². The van der Waals surface area contributed by atoms with Crippen molar-refractivity contribution < 1.29 is 29.1 Å². The second kappa shape index (κ2) is 9.44. The Labute approximate surface area is 274 Å². The van der Waals surface area contributed by atoms with Crippen molar-refractivity contribution in [3.8, 4) is 33.4 Å². The van der Waals surface area contributed by atoms with Gasteiger partial charge in [-0.15, -0.1) is 0 Å². The summed E-state index contributed by atoms with van der Waals surface area (Å²) < 4.78 is 162. The van der Waals surface area contributed by atoms with Crippen LogP contribution in [0.2, 0.25) is 0 Å². The molecule has 0 aliphatic carbocycles. The lowest BCUT2D eigenvalue weighted by atomic mass is 9.85. The van der Waals surface area contributed by atoms with Crippen LogP contribution in [-0.4, -0.2) is 0 Å². The minimum atomic E-state index is -0.592. The summed E-state index contributed by atoms with van der Waals surface area (Å²) in [5, 5.41) is 0.487. The molecule has 0 spiro atoms. The van der Waals surface area contributed by atoms with Gasteiger partial charge in [0.15, 0.2) is 0 Å². The molecule has 0 bridgehead atoms. The molecule has 1 aromatic heterocycles. The molecule has 0 aliphatic rings. The van der Waals surface area contributed by atoms with Crippen molar-refractivity contribution in [1.82, 2.24) is 0 Å². The molecule has 9 rings (SSSR count).